The second-order valence-corrected chi connectivity index (χ2v) is 4.75. The van der Waals surface area contributed by atoms with Crippen LogP contribution in [0.1, 0.15) is 28.8 Å². The van der Waals surface area contributed by atoms with Crippen molar-refractivity contribution in [2.45, 2.75) is 25.3 Å². The van der Waals surface area contributed by atoms with Crippen molar-refractivity contribution in [2.75, 3.05) is 13.1 Å². The molecule has 1 fully saturated rings. The van der Waals surface area contributed by atoms with Gasteiger partial charge in [-0.05, 0) is 37.4 Å². The van der Waals surface area contributed by atoms with Crippen LogP contribution in [0.2, 0.25) is 0 Å². The van der Waals surface area contributed by atoms with Crippen molar-refractivity contribution in [1.29, 1.82) is 0 Å². The summed E-state index contributed by atoms with van der Waals surface area (Å²) in [6, 6.07) is 6.91. The highest BCUT2D eigenvalue weighted by molar-refractivity contribution is 5.98. The van der Waals surface area contributed by atoms with Crippen molar-refractivity contribution in [3.8, 4) is 0 Å². The molecule has 1 atom stereocenters. The zero-order valence-electron chi connectivity index (χ0n) is 10.8. The number of nitrogens with two attached hydrogens (primary N) is 2. The van der Waals surface area contributed by atoms with Crippen LogP contribution in [0.25, 0.3) is 0 Å². The van der Waals surface area contributed by atoms with Gasteiger partial charge in [0.15, 0.2) is 0 Å². The Bertz CT molecular complexity index is 487. The standard InChI is InChI=1S/C14H19N3O2/c15-8-7-10-4-1-2-5-11(10)14(19)17-9-3-6-12(17)13(16)18/h1-2,4-5,12H,3,6-9,15H2,(H2,16,18). The first kappa shape index (κ1) is 13.5. The maximum absolute atomic E-state index is 12.5. The zero-order valence-corrected chi connectivity index (χ0v) is 10.8. The summed E-state index contributed by atoms with van der Waals surface area (Å²) >= 11 is 0. The maximum Gasteiger partial charge on any atom is 0.254 e. The van der Waals surface area contributed by atoms with Crippen LogP contribution in [-0.4, -0.2) is 35.8 Å². The first-order valence-electron chi connectivity index (χ1n) is 6.53. The average Bonchev–Trinajstić information content (AvgIpc) is 2.88. The van der Waals surface area contributed by atoms with Gasteiger partial charge < -0.3 is 16.4 Å². The summed E-state index contributed by atoms with van der Waals surface area (Å²) < 4.78 is 0. The van der Waals surface area contributed by atoms with E-state index >= 15 is 0 Å². The van der Waals surface area contributed by atoms with E-state index in [2.05, 4.69) is 0 Å². The molecular weight excluding hydrogens is 242 g/mol. The molecule has 1 saturated heterocycles. The lowest BCUT2D eigenvalue weighted by molar-refractivity contribution is -0.121. The number of likely N-dealkylation sites (tertiary alicyclic amines) is 1. The number of rotatable bonds is 4. The molecule has 4 N–H and O–H groups in total. The largest absolute Gasteiger partial charge is 0.368 e. The SMILES string of the molecule is NCCc1ccccc1C(=O)N1CCCC1C(N)=O. The van der Waals surface area contributed by atoms with E-state index in [0.29, 0.717) is 31.5 Å². The minimum Gasteiger partial charge on any atom is -0.368 e. The van der Waals surface area contributed by atoms with E-state index in [1.807, 2.05) is 18.2 Å². The quantitative estimate of drug-likeness (QED) is 0.815. The van der Waals surface area contributed by atoms with E-state index in [1.54, 1.807) is 11.0 Å². The van der Waals surface area contributed by atoms with Gasteiger partial charge in [-0.2, -0.15) is 0 Å². The molecule has 102 valence electrons. The van der Waals surface area contributed by atoms with E-state index in [1.165, 1.54) is 0 Å². The smallest absolute Gasteiger partial charge is 0.254 e. The summed E-state index contributed by atoms with van der Waals surface area (Å²) in [6.45, 7) is 1.08. The summed E-state index contributed by atoms with van der Waals surface area (Å²) in [6.07, 6.45) is 2.12. The minimum absolute atomic E-state index is 0.120. The molecule has 1 aromatic carbocycles. The molecule has 0 aliphatic carbocycles. The van der Waals surface area contributed by atoms with Gasteiger partial charge in [-0.15, -0.1) is 0 Å². The molecule has 0 aromatic heterocycles. The van der Waals surface area contributed by atoms with Crippen molar-refractivity contribution in [1.82, 2.24) is 4.90 Å². The van der Waals surface area contributed by atoms with Crippen LogP contribution in [0.4, 0.5) is 0 Å². The Morgan fingerprint density at radius 3 is 2.74 bits per heavy atom. The van der Waals surface area contributed by atoms with E-state index < -0.39 is 11.9 Å². The molecule has 2 rings (SSSR count). The number of amides is 2. The Balaban J connectivity index is 2.26. The van der Waals surface area contributed by atoms with Crippen LogP contribution in [-0.2, 0) is 11.2 Å². The van der Waals surface area contributed by atoms with Gasteiger partial charge in [0.2, 0.25) is 5.91 Å². The first-order valence-corrected chi connectivity index (χ1v) is 6.53. The van der Waals surface area contributed by atoms with Crippen LogP contribution in [0, 0.1) is 0 Å². The number of benzene rings is 1. The summed E-state index contributed by atoms with van der Waals surface area (Å²) in [5.74, 6) is -0.549. The van der Waals surface area contributed by atoms with Crippen molar-refractivity contribution in [3.63, 3.8) is 0 Å². The third-order valence-corrected chi connectivity index (χ3v) is 3.50. The highest BCUT2D eigenvalue weighted by Gasteiger charge is 2.33. The molecule has 2 amide bonds. The molecule has 1 heterocycles. The van der Waals surface area contributed by atoms with Crippen LogP contribution >= 0.6 is 0 Å². The Labute approximate surface area is 112 Å². The molecule has 19 heavy (non-hydrogen) atoms. The third-order valence-electron chi connectivity index (χ3n) is 3.50. The van der Waals surface area contributed by atoms with E-state index in [-0.39, 0.29) is 5.91 Å². The minimum atomic E-state index is -0.474. The number of primary amides is 1. The van der Waals surface area contributed by atoms with E-state index in [4.69, 9.17) is 11.5 Å². The van der Waals surface area contributed by atoms with E-state index in [0.717, 1.165) is 12.0 Å². The number of hydrogen-bond donors (Lipinski definition) is 2. The predicted molar refractivity (Wildman–Crippen MR) is 72.5 cm³/mol. The summed E-state index contributed by atoms with van der Waals surface area (Å²) in [7, 11) is 0. The monoisotopic (exact) mass is 261 g/mol. The Morgan fingerprint density at radius 2 is 2.05 bits per heavy atom. The van der Waals surface area contributed by atoms with Crippen LogP contribution in [0.5, 0.6) is 0 Å². The van der Waals surface area contributed by atoms with Crippen LogP contribution in [0.15, 0.2) is 24.3 Å². The van der Waals surface area contributed by atoms with Gasteiger partial charge in [0.25, 0.3) is 5.91 Å². The summed E-state index contributed by atoms with van der Waals surface area (Å²) in [5.41, 5.74) is 12.5. The van der Waals surface area contributed by atoms with Gasteiger partial charge in [0.1, 0.15) is 6.04 Å². The highest BCUT2D eigenvalue weighted by atomic mass is 16.2. The molecule has 5 heteroatoms. The average molecular weight is 261 g/mol. The molecule has 1 unspecified atom stereocenters. The lowest BCUT2D eigenvalue weighted by Gasteiger charge is -2.23. The van der Waals surface area contributed by atoms with Gasteiger partial charge >= 0.3 is 0 Å². The molecule has 5 nitrogen and oxygen atoms in total. The van der Waals surface area contributed by atoms with Crippen molar-refractivity contribution >= 4 is 11.8 Å². The molecule has 1 aliphatic heterocycles. The number of hydrogen-bond acceptors (Lipinski definition) is 3. The van der Waals surface area contributed by atoms with Crippen LogP contribution < -0.4 is 11.5 Å². The lowest BCUT2D eigenvalue weighted by atomic mass is 10.0. The van der Waals surface area contributed by atoms with Gasteiger partial charge in [0, 0.05) is 12.1 Å². The predicted octanol–water partition coefficient (Wildman–Crippen LogP) is 0.278. The third kappa shape index (κ3) is 2.76. The van der Waals surface area contributed by atoms with Crippen LogP contribution in [0.3, 0.4) is 0 Å². The van der Waals surface area contributed by atoms with Gasteiger partial charge in [0.05, 0.1) is 0 Å². The lowest BCUT2D eigenvalue weighted by Crippen LogP contribution is -2.44. The Kier molecular flexibility index (Phi) is 4.16. The second-order valence-electron chi connectivity index (χ2n) is 4.75. The van der Waals surface area contributed by atoms with Gasteiger partial charge in [-0.3, -0.25) is 9.59 Å². The van der Waals surface area contributed by atoms with Gasteiger partial charge in [-0.1, -0.05) is 18.2 Å². The fraction of sp³-hybridized carbons (Fsp3) is 0.429. The van der Waals surface area contributed by atoms with E-state index in [9.17, 15) is 9.59 Å². The second kappa shape index (κ2) is 5.84. The number of nitrogens with zero attached hydrogens (tertiary/aromatic N) is 1. The topological polar surface area (TPSA) is 89.4 Å². The molecule has 0 bridgehead atoms. The van der Waals surface area contributed by atoms with Crippen molar-refractivity contribution in [3.05, 3.63) is 35.4 Å². The van der Waals surface area contributed by atoms with Crippen molar-refractivity contribution < 1.29 is 9.59 Å². The van der Waals surface area contributed by atoms with Crippen molar-refractivity contribution in [2.24, 2.45) is 11.5 Å². The molecule has 1 aliphatic rings. The summed E-state index contributed by atoms with van der Waals surface area (Å²) in [5, 5.41) is 0. The fourth-order valence-electron chi connectivity index (χ4n) is 2.56. The zero-order chi connectivity index (χ0) is 13.8. The van der Waals surface area contributed by atoms with Gasteiger partial charge in [-0.25, -0.2) is 0 Å². The molecule has 0 spiro atoms. The Morgan fingerprint density at radius 1 is 1.32 bits per heavy atom. The molecule has 0 saturated carbocycles. The number of carbonyl (C=O) groups is 2. The Hall–Kier alpha value is -1.88. The maximum atomic E-state index is 12.5. The first-order chi connectivity index (χ1) is 9.15. The summed E-state index contributed by atoms with van der Waals surface area (Å²) in [4.78, 5) is 25.5. The molecule has 1 aromatic rings. The highest BCUT2D eigenvalue weighted by Crippen LogP contribution is 2.21. The fourth-order valence-corrected chi connectivity index (χ4v) is 2.56. The molecule has 0 radical (unpaired) electrons. The number of carbonyl (C=O) groups excluding carboxylic acids is 2. The molecular formula is C14H19N3O2. The normalized spacial score (nSPS) is 18.6.